The van der Waals surface area contributed by atoms with Crippen LogP contribution in [0.2, 0.25) is 0 Å². The van der Waals surface area contributed by atoms with E-state index in [2.05, 4.69) is 74.0 Å². The molecule has 0 N–H and O–H groups in total. The Kier molecular flexibility index (Phi) is 15.1. The van der Waals surface area contributed by atoms with Crippen molar-refractivity contribution in [2.24, 2.45) is 11.8 Å². The Bertz CT molecular complexity index is 1780. The van der Waals surface area contributed by atoms with Crippen LogP contribution in [-0.2, 0) is 9.59 Å². The highest BCUT2D eigenvalue weighted by Crippen LogP contribution is 2.48. The van der Waals surface area contributed by atoms with Crippen LogP contribution in [0.15, 0.2) is 84.0 Å². The van der Waals surface area contributed by atoms with Gasteiger partial charge in [-0.1, -0.05) is 176 Å². The van der Waals surface area contributed by atoms with E-state index in [1.165, 1.54) is 77.0 Å². The Labute approximate surface area is 332 Å². The van der Waals surface area contributed by atoms with E-state index < -0.39 is 0 Å². The molecule has 54 heavy (non-hydrogen) atoms. The monoisotopic (exact) mass is 756 g/mol. The Morgan fingerprint density at radius 3 is 1.22 bits per heavy atom. The summed E-state index contributed by atoms with van der Waals surface area (Å²) in [6.07, 6.45) is 35.5. The minimum atomic E-state index is -0.0470. The topological polar surface area (TPSA) is 40.6 Å². The van der Waals surface area contributed by atoms with Crippen molar-refractivity contribution in [1.82, 2.24) is 9.80 Å². The fraction of sp³-hybridized carbons (Fsp3) is 0.458. The van der Waals surface area contributed by atoms with Gasteiger partial charge in [-0.2, -0.15) is 0 Å². The molecule has 0 spiro atoms. The van der Waals surface area contributed by atoms with Gasteiger partial charge in [0.1, 0.15) is 0 Å². The second-order valence-corrected chi connectivity index (χ2v) is 16.9. The van der Waals surface area contributed by atoms with E-state index in [-0.39, 0.29) is 23.7 Å². The van der Waals surface area contributed by atoms with E-state index >= 15 is 0 Å². The number of carbonyl (C=O) groups excluding carboxylic acids is 2. The summed E-state index contributed by atoms with van der Waals surface area (Å²) in [7, 11) is 0. The average Bonchev–Trinajstić information content (AvgIpc) is 4.04. The predicted octanol–water partition coefficient (Wildman–Crippen LogP) is 12.1. The lowest BCUT2D eigenvalue weighted by Gasteiger charge is -2.24. The second kappa shape index (κ2) is 20.5. The van der Waals surface area contributed by atoms with Crippen LogP contribution in [0.4, 0.5) is 0 Å². The SMILES string of the molecule is CCCCCCCCCCN1C(=O)C2=C(c3ccc(C#CC4C=CC=C4)s3)N(CCCCCCCCCC)C(=O)C2=C1c1ccc(C#CC2C=CC=C2)s1. The van der Waals surface area contributed by atoms with E-state index in [1.807, 2.05) is 46.2 Å². The number of carbonyl (C=O) groups is 2. The molecule has 282 valence electrons. The maximum absolute atomic E-state index is 14.8. The maximum atomic E-state index is 14.8. The number of unbranched alkanes of at least 4 members (excludes halogenated alkanes) is 14. The molecule has 0 fully saturated rings. The number of allylic oxidation sites excluding steroid dienone is 8. The Hall–Kier alpha value is -4.10. The number of fused-ring (bicyclic) bond motifs is 1. The molecule has 2 amide bonds. The van der Waals surface area contributed by atoms with Gasteiger partial charge >= 0.3 is 0 Å². The first-order valence-corrected chi connectivity index (χ1v) is 22.3. The quantitative estimate of drug-likeness (QED) is 0.0997. The van der Waals surface area contributed by atoms with Crippen LogP contribution in [0.3, 0.4) is 0 Å². The van der Waals surface area contributed by atoms with Crippen LogP contribution >= 0.6 is 22.7 Å². The lowest BCUT2D eigenvalue weighted by molar-refractivity contribution is -0.124. The van der Waals surface area contributed by atoms with Crippen LogP contribution in [0.1, 0.15) is 136 Å². The van der Waals surface area contributed by atoms with Crippen molar-refractivity contribution in [3.8, 4) is 23.7 Å². The third kappa shape index (κ3) is 10.1. The number of amides is 2. The van der Waals surface area contributed by atoms with Gasteiger partial charge in [0.15, 0.2) is 0 Å². The molecular weight excluding hydrogens is 701 g/mol. The summed E-state index contributed by atoms with van der Waals surface area (Å²) in [6.45, 7) is 5.72. The van der Waals surface area contributed by atoms with Crippen LogP contribution < -0.4 is 0 Å². The summed E-state index contributed by atoms with van der Waals surface area (Å²) in [5.41, 5.74) is 2.68. The third-order valence-corrected chi connectivity index (χ3v) is 12.6. The molecule has 2 aliphatic carbocycles. The molecule has 0 aromatic carbocycles. The number of hydrogen-bond acceptors (Lipinski definition) is 4. The molecular formula is C48H56N2O2S2. The maximum Gasteiger partial charge on any atom is 0.261 e. The molecule has 2 aromatic heterocycles. The fourth-order valence-corrected chi connectivity index (χ4v) is 9.43. The molecule has 0 radical (unpaired) electrons. The van der Waals surface area contributed by atoms with Crippen LogP contribution in [0, 0.1) is 35.5 Å². The molecule has 4 heterocycles. The number of thiophene rings is 2. The first-order chi connectivity index (χ1) is 26.6. The summed E-state index contributed by atoms with van der Waals surface area (Å²) < 4.78 is 0. The van der Waals surface area contributed by atoms with E-state index in [0.29, 0.717) is 24.2 Å². The largest absolute Gasteiger partial charge is 0.306 e. The molecule has 0 unspecified atom stereocenters. The zero-order valence-electron chi connectivity index (χ0n) is 32.3. The lowest BCUT2D eigenvalue weighted by Crippen LogP contribution is -2.30. The predicted molar refractivity (Wildman–Crippen MR) is 228 cm³/mol. The van der Waals surface area contributed by atoms with Crippen molar-refractivity contribution < 1.29 is 9.59 Å². The summed E-state index contributed by atoms with van der Waals surface area (Å²) in [5.74, 6) is 13.5. The van der Waals surface area contributed by atoms with Gasteiger partial charge in [0.2, 0.25) is 0 Å². The van der Waals surface area contributed by atoms with Gasteiger partial charge in [-0.15, -0.1) is 22.7 Å². The Morgan fingerprint density at radius 1 is 0.500 bits per heavy atom. The zero-order valence-corrected chi connectivity index (χ0v) is 34.0. The number of hydrogen-bond donors (Lipinski definition) is 0. The molecule has 6 heteroatoms. The van der Waals surface area contributed by atoms with Gasteiger partial charge in [-0.05, 0) is 37.1 Å². The van der Waals surface area contributed by atoms with Crippen LogP contribution in [0.25, 0.3) is 11.4 Å². The minimum Gasteiger partial charge on any atom is -0.306 e. The van der Waals surface area contributed by atoms with E-state index in [0.717, 1.165) is 56.6 Å². The van der Waals surface area contributed by atoms with E-state index in [1.54, 1.807) is 22.7 Å². The average molecular weight is 757 g/mol. The Morgan fingerprint density at radius 2 is 0.852 bits per heavy atom. The molecule has 2 aliphatic heterocycles. The number of rotatable bonds is 20. The highest BCUT2D eigenvalue weighted by Gasteiger charge is 2.49. The molecule has 2 aromatic rings. The smallest absolute Gasteiger partial charge is 0.261 e. The standard InChI is InChI=1S/C48H56N2O2S2/c1-3-5-7-9-11-13-15-21-35-49-45(41-33-31-39(53-41)29-27-37-23-17-18-24-37)43-44(47(49)51)46(42-34-32-40(54-42)30-28-38-25-19-20-26-38)50(48(43)52)36-22-16-14-12-10-8-6-4-2/h17-20,23-26,31-34,37-38H,3-16,21-22,35-36H2,1-2H3. The van der Waals surface area contributed by atoms with Crippen molar-refractivity contribution in [2.75, 3.05) is 13.1 Å². The van der Waals surface area contributed by atoms with Crippen molar-refractivity contribution in [3.63, 3.8) is 0 Å². The molecule has 4 aliphatic rings. The van der Waals surface area contributed by atoms with Gasteiger partial charge in [0, 0.05) is 13.1 Å². The van der Waals surface area contributed by atoms with Gasteiger partial charge in [0.25, 0.3) is 11.8 Å². The molecule has 0 saturated carbocycles. The second-order valence-electron chi connectivity index (χ2n) is 14.8. The van der Waals surface area contributed by atoms with Crippen LogP contribution in [0.5, 0.6) is 0 Å². The molecule has 0 atom stereocenters. The van der Waals surface area contributed by atoms with Crippen molar-refractivity contribution in [2.45, 2.75) is 117 Å². The number of nitrogens with zero attached hydrogens (tertiary/aromatic N) is 2. The van der Waals surface area contributed by atoms with E-state index in [4.69, 9.17) is 0 Å². The first-order valence-electron chi connectivity index (χ1n) is 20.6. The van der Waals surface area contributed by atoms with Gasteiger partial charge in [-0.25, -0.2) is 0 Å². The Balaban J connectivity index is 1.30. The van der Waals surface area contributed by atoms with Gasteiger partial charge in [0.05, 0.1) is 53.9 Å². The molecule has 6 rings (SSSR count). The first kappa shape index (κ1) is 39.6. The third-order valence-electron chi connectivity index (χ3n) is 10.6. The summed E-state index contributed by atoms with van der Waals surface area (Å²) in [6, 6.07) is 8.21. The van der Waals surface area contributed by atoms with Gasteiger partial charge in [-0.3, -0.25) is 9.59 Å². The van der Waals surface area contributed by atoms with Crippen molar-refractivity contribution in [3.05, 3.63) is 104 Å². The highest BCUT2D eigenvalue weighted by atomic mass is 32.1. The highest BCUT2D eigenvalue weighted by molar-refractivity contribution is 7.14. The zero-order chi connectivity index (χ0) is 37.5. The van der Waals surface area contributed by atoms with Crippen molar-refractivity contribution in [1.29, 1.82) is 0 Å². The molecule has 4 nitrogen and oxygen atoms in total. The van der Waals surface area contributed by atoms with Crippen molar-refractivity contribution >= 4 is 45.9 Å². The molecule has 0 saturated heterocycles. The van der Waals surface area contributed by atoms with E-state index in [9.17, 15) is 9.59 Å². The normalized spacial score (nSPS) is 16.4. The summed E-state index contributed by atoms with van der Waals surface area (Å²) >= 11 is 3.17. The van der Waals surface area contributed by atoms with Gasteiger partial charge < -0.3 is 9.80 Å². The summed E-state index contributed by atoms with van der Waals surface area (Å²) in [4.78, 5) is 37.1. The fourth-order valence-electron chi connectivity index (χ4n) is 7.57. The lowest BCUT2D eigenvalue weighted by atomic mass is 10.1. The summed E-state index contributed by atoms with van der Waals surface area (Å²) in [5, 5.41) is 0. The van der Waals surface area contributed by atoms with Crippen LogP contribution in [-0.4, -0.2) is 34.7 Å². The minimum absolute atomic E-state index is 0.0470. The molecule has 0 bridgehead atoms.